The standard InChI is InChI=1S/C26H26N4O5/c27-15-18-1-3-20(4-2-18)26(33)30-21-7-11-24(12-8-21)35-17-22(31)16-29-13-14-34-23-9-5-19(6-10-23)25(28)32/h1-12,22,29,31H,13-14,16-17H2,(H2,28,32)(H,30,33). The van der Waals surface area contributed by atoms with Gasteiger partial charge in [-0.15, -0.1) is 0 Å². The fourth-order valence-corrected chi connectivity index (χ4v) is 3.01. The number of aliphatic hydroxyl groups is 1. The Kier molecular flexibility index (Phi) is 9.19. The number of nitriles is 1. The van der Waals surface area contributed by atoms with Crippen LogP contribution in [0, 0.1) is 11.3 Å². The molecular weight excluding hydrogens is 448 g/mol. The van der Waals surface area contributed by atoms with Gasteiger partial charge in [-0.05, 0) is 72.8 Å². The van der Waals surface area contributed by atoms with Crippen LogP contribution in [0.25, 0.3) is 0 Å². The van der Waals surface area contributed by atoms with Crippen molar-refractivity contribution in [3.8, 4) is 17.6 Å². The number of amides is 2. The fraction of sp³-hybridized carbons (Fsp3) is 0.192. The molecule has 2 amide bonds. The van der Waals surface area contributed by atoms with Crippen LogP contribution in [0.4, 0.5) is 5.69 Å². The zero-order valence-electron chi connectivity index (χ0n) is 18.9. The summed E-state index contributed by atoms with van der Waals surface area (Å²) >= 11 is 0. The Bertz CT molecular complexity index is 1160. The van der Waals surface area contributed by atoms with Gasteiger partial charge in [0, 0.05) is 29.9 Å². The number of nitrogens with two attached hydrogens (primary N) is 1. The molecule has 3 aromatic carbocycles. The van der Waals surface area contributed by atoms with Crippen molar-refractivity contribution >= 4 is 17.5 Å². The van der Waals surface area contributed by atoms with E-state index in [2.05, 4.69) is 10.6 Å². The average molecular weight is 475 g/mol. The quantitative estimate of drug-likeness (QED) is 0.295. The van der Waals surface area contributed by atoms with Crippen molar-refractivity contribution in [1.82, 2.24) is 5.32 Å². The monoisotopic (exact) mass is 474 g/mol. The van der Waals surface area contributed by atoms with Gasteiger partial charge in [0.2, 0.25) is 5.91 Å². The maximum absolute atomic E-state index is 12.3. The third kappa shape index (κ3) is 8.16. The summed E-state index contributed by atoms with van der Waals surface area (Å²) < 4.78 is 11.2. The molecule has 0 heterocycles. The van der Waals surface area contributed by atoms with Crippen LogP contribution in [0.2, 0.25) is 0 Å². The summed E-state index contributed by atoms with van der Waals surface area (Å²) in [6, 6.07) is 21.7. The average Bonchev–Trinajstić information content (AvgIpc) is 2.88. The second-order valence-corrected chi connectivity index (χ2v) is 7.57. The molecule has 9 heteroatoms. The van der Waals surface area contributed by atoms with Gasteiger partial charge < -0.3 is 30.9 Å². The highest BCUT2D eigenvalue weighted by Crippen LogP contribution is 2.17. The van der Waals surface area contributed by atoms with E-state index >= 15 is 0 Å². The van der Waals surface area contributed by atoms with E-state index in [1.807, 2.05) is 6.07 Å². The van der Waals surface area contributed by atoms with Gasteiger partial charge in [0.15, 0.2) is 0 Å². The van der Waals surface area contributed by atoms with Crippen molar-refractivity contribution in [2.75, 3.05) is 31.6 Å². The zero-order chi connectivity index (χ0) is 25.0. The van der Waals surface area contributed by atoms with E-state index in [-0.39, 0.29) is 12.5 Å². The molecule has 0 bridgehead atoms. The second kappa shape index (κ2) is 12.7. The van der Waals surface area contributed by atoms with Crippen molar-refractivity contribution in [3.63, 3.8) is 0 Å². The summed E-state index contributed by atoms with van der Waals surface area (Å²) in [7, 11) is 0. The minimum Gasteiger partial charge on any atom is -0.492 e. The van der Waals surface area contributed by atoms with E-state index < -0.39 is 12.0 Å². The number of rotatable bonds is 12. The summed E-state index contributed by atoms with van der Waals surface area (Å²) in [6.07, 6.45) is -0.722. The third-order valence-electron chi connectivity index (χ3n) is 4.90. The smallest absolute Gasteiger partial charge is 0.255 e. The molecule has 0 saturated carbocycles. The van der Waals surface area contributed by atoms with E-state index in [0.717, 1.165) is 0 Å². The molecule has 1 unspecified atom stereocenters. The largest absolute Gasteiger partial charge is 0.492 e. The molecule has 0 spiro atoms. The molecule has 0 aromatic heterocycles. The second-order valence-electron chi connectivity index (χ2n) is 7.57. The summed E-state index contributed by atoms with van der Waals surface area (Å²) in [4.78, 5) is 23.3. The molecule has 0 fully saturated rings. The summed E-state index contributed by atoms with van der Waals surface area (Å²) in [5.74, 6) is 0.411. The maximum atomic E-state index is 12.3. The number of benzene rings is 3. The topological polar surface area (TPSA) is 147 Å². The first-order chi connectivity index (χ1) is 16.9. The van der Waals surface area contributed by atoms with Crippen LogP contribution < -0.4 is 25.8 Å². The summed E-state index contributed by atoms with van der Waals surface area (Å²) in [5, 5.41) is 24.8. The summed E-state index contributed by atoms with van der Waals surface area (Å²) in [5.41, 5.74) is 7.15. The number of nitrogens with one attached hydrogen (secondary N) is 2. The first-order valence-electron chi connectivity index (χ1n) is 10.9. The number of carbonyl (C=O) groups excluding carboxylic acids is 2. The van der Waals surface area contributed by atoms with E-state index in [9.17, 15) is 14.7 Å². The lowest BCUT2D eigenvalue weighted by Crippen LogP contribution is -2.33. The maximum Gasteiger partial charge on any atom is 0.255 e. The Balaban J connectivity index is 1.32. The molecule has 0 aliphatic carbocycles. The van der Waals surface area contributed by atoms with Crippen molar-refractivity contribution in [2.45, 2.75) is 6.10 Å². The number of hydrogen-bond acceptors (Lipinski definition) is 7. The predicted molar refractivity (Wildman–Crippen MR) is 130 cm³/mol. The van der Waals surface area contributed by atoms with Crippen LogP contribution in [0.3, 0.4) is 0 Å². The lowest BCUT2D eigenvalue weighted by atomic mass is 10.1. The van der Waals surface area contributed by atoms with Crippen LogP contribution in [0.15, 0.2) is 72.8 Å². The van der Waals surface area contributed by atoms with E-state index in [1.54, 1.807) is 72.8 Å². The lowest BCUT2D eigenvalue weighted by Gasteiger charge is -2.14. The Hall–Kier alpha value is -4.39. The number of carbonyl (C=O) groups is 2. The molecule has 180 valence electrons. The van der Waals surface area contributed by atoms with Crippen LogP contribution in [-0.4, -0.2) is 49.3 Å². The Morgan fingerprint density at radius 1 is 0.914 bits per heavy atom. The van der Waals surface area contributed by atoms with Gasteiger partial charge in [0.05, 0.1) is 11.6 Å². The molecule has 0 saturated heterocycles. The fourth-order valence-electron chi connectivity index (χ4n) is 3.01. The number of ether oxygens (including phenoxy) is 2. The molecule has 0 radical (unpaired) electrons. The molecule has 9 nitrogen and oxygen atoms in total. The molecule has 0 aliphatic heterocycles. The Morgan fingerprint density at radius 3 is 2.14 bits per heavy atom. The van der Waals surface area contributed by atoms with Crippen LogP contribution in [0.1, 0.15) is 26.3 Å². The Morgan fingerprint density at radius 2 is 1.51 bits per heavy atom. The Labute approximate surface area is 203 Å². The van der Waals surface area contributed by atoms with E-state index in [0.29, 0.717) is 53.6 Å². The van der Waals surface area contributed by atoms with Gasteiger partial charge in [-0.2, -0.15) is 5.26 Å². The van der Waals surface area contributed by atoms with Gasteiger partial charge >= 0.3 is 0 Å². The van der Waals surface area contributed by atoms with Crippen molar-refractivity contribution in [2.24, 2.45) is 5.73 Å². The molecule has 35 heavy (non-hydrogen) atoms. The number of hydrogen-bond donors (Lipinski definition) is 4. The van der Waals surface area contributed by atoms with Crippen molar-refractivity contribution in [1.29, 1.82) is 5.26 Å². The SMILES string of the molecule is N#Cc1ccc(C(=O)Nc2ccc(OCC(O)CNCCOc3ccc(C(N)=O)cc3)cc2)cc1. The van der Waals surface area contributed by atoms with Crippen molar-refractivity contribution in [3.05, 3.63) is 89.5 Å². The minimum absolute atomic E-state index is 0.0966. The normalized spacial score (nSPS) is 11.2. The van der Waals surface area contributed by atoms with Gasteiger partial charge in [-0.25, -0.2) is 0 Å². The van der Waals surface area contributed by atoms with Crippen LogP contribution >= 0.6 is 0 Å². The molecular formula is C26H26N4O5. The molecule has 5 N–H and O–H groups in total. The van der Waals surface area contributed by atoms with Gasteiger partial charge in [0.1, 0.15) is 30.8 Å². The number of primary amides is 1. The summed E-state index contributed by atoms with van der Waals surface area (Å²) in [6.45, 7) is 1.32. The van der Waals surface area contributed by atoms with E-state index in [4.69, 9.17) is 20.5 Å². The minimum atomic E-state index is -0.722. The van der Waals surface area contributed by atoms with E-state index in [1.165, 1.54) is 0 Å². The first-order valence-corrected chi connectivity index (χ1v) is 10.9. The number of aliphatic hydroxyl groups excluding tert-OH is 1. The third-order valence-corrected chi connectivity index (χ3v) is 4.90. The number of anilines is 1. The highest BCUT2D eigenvalue weighted by molar-refractivity contribution is 6.04. The molecule has 3 rings (SSSR count). The molecule has 0 aliphatic rings. The highest BCUT2D eigenvalue weighted by atomic mass is 16.5. The highest BCUT2D eigenvalue weighted by Gasteiger charge is 2.08. The zero-order valence-corrected chi connectivity index (χ0v) is 18.9. The lowest BCUT2D eigenvalue weighted by molar-refractivity contribution is 0.0997. The molecule has 3 aromatic rings. The van der Waals surface area contributed by atoms with Crippen molar-refractivity contribution < 1.29 is 24.2 Å². The predicted octanol–water partition coefficient (Wildman–Crippen LogP) is 2.32. The molecule has 1 atom stereocenters. The van der Waals surface area contributed by atoms with Crippen LogP contribution in [-0.2, 0) is 0 Å². The van der Waals surface area contributed by atoms with Gasteiger partial charge in [-0.1, -0.05) is 0 Å². The van der Waals surface area contributed by atoms with Gasteiger partial charge in [-0.3, -0.25) is 9.59 Å². The first kappa shape index (κ1) is 25.2. The van der Waals surface area contributed by atoms with Crippen LogP contribution in [0.5, 0.6) is 11.5 Å². The number of nitrogens with zero attached hydrogens (tertiary/aromatic N) is 1. The van der Waals surface area contributed by atoms with Gasteiger partial charge in [0.25, 0.3) is 5.91 Å².